The predicted octanol–water partition coefficient (Wildman–Crippen LogP) is 2.81. The molecule has 0 heterocycles. The molecule has 4 heteroatoms. The van der Waals surface area contributed by atoms with Crippen LogP contribution >= 0.6 is 0 Å². The average molecular weight is 303 g/mol. The third-order valence-electron chi connectivity index (χ3n) is 4.40. The lowest BCUT2D eigenvalue weighted by atomic mass is 9.87. The number of nitrogens with one attached hydrogen (secondary N) is 2. The highest BCUT2D eigenvalue weighted by Gasteiger charge is 2.18. The standard InChI is InChI=1S/C18H29N3O/c1-3-19-18(21-17-10-8-14(2)9-11-17)20-12-15-6-4-5-7-16(15)13-22/h4-7,14,17,22H,3,8-13H2,1-2H3,(H2,19,20,21). The van der Waals surface area contributed by atoms with E-state index < -0.39 is 0 Å². The van der Waals surface area contributed by atoms with E-state index in [-0.39, 0.29) is 6.61 Å². The Labute approximate surface area is 134 Å². The molecule has 22 heavy (non-hydrogen) atoms. The summed E-state index contributed by atoms with van der Waals surface area (Å²) < 4.78 is 0. The van der Waals surface area contributed by atoms with Crippen LogP contribution in [0.4, 0.5) is 0 Å². The Bertz CT molecular complexity index is 479. The predicted molar refractivity (Wildman–Crippen MR) is 91.7 cm³/mol. The van der Waals surface area contributed by atoms with Crippen LogP contribution in [0.5, 0.6) is 0 Å². The Kier molecular flexibility index (Phi) is 6.72. The average Bonchev–Trinajstić information content (AvgIpc) is 2.55. The highest BCUT2D eigenvalue weighted by atomic mass is 16.3. The van der Waals surface area contributed by atoms with Crippen molar-refractivity contribution in [2.45, 2.75) is 58.7 Å². The number of hydrogen-bond donors (Lipinski definition) is 3. The SMILES string of the molecule is CCNC(=NCc1ccccc1CO)NC1CCC(C)CC1. The first kappa shape index (κ1) is 16.8. The van der Waals surface area contributed by atoms with E-state index in [0.29, 0.717) is 12.6 Å². The fourth-order valence-corrected chi connectivity index (χ4v) is 2.95. The van der Waals surface area contributed by atoms with Gasteiger partial charge in [-0.25, -0.2) is 4.99 Å². The van der Waals surface area contributed by atoms with Gasteiger partial charge in [-0.05, 0) is 49.7 Å². The van der Waals surface area contributed by atoms with Crippen LogP contribution in [0, 0.1) is 5.92 Å². The molecule has 1 aliphatic rings. The molecule has 0 atom stereocenters. The molecular weight excluding hydrogens is 274 g/mol. The Hall–Kier alpha value is -1.55. The van der Waals surface area contributed by atoms with Gasteiger partial charge in [-0.1, -0.05) is 31.2 Å². The zero-order chi connectivity index (χ0) is 15.8. The number of benzene rings is 1. The van der Waals surface area contributed by atoms with E-state index >= 15 is 0 Å². The molecule has 2 rings (SSSR count). The lowest BCUT2D eigenvalue weighted by Gasteiger charge is -2.28. The largest absolute Gasteiger partial charge is 0.392 e. The van der Waals surface area contributed by atoms with Crippen LogP contribution in [0.1, 0.15) is 50.7 Å². The normalized spacial score (nSPS) is 22.4. The molecule has 1 fully saturated rings. The van der Waals surface area contributed by atoms with Crippen LogP contribution in [0.3, 0.4) is 0 Å². The number of aliphatic hydroxyl groups excluding tert-OH is 1. The summed E-state index contributed by atoms with van der Waals surface area (Å²) in [5.74, 6) is 1.74. The van der Waals surface area contributed by atoms with Gasteiger partial charge in [0.15, 0.2) is 5.96 Å². The summed E-state index contributed by atoms with van der Waals surface area (Å²) in [4.78, 5) is 4.69. The van der Waals surface area contributed by atoms with Crippen LogP contribution in [0.2, 0.25) is 0 Å². The second-order valence-corrected chi connectivity index (χ2v) is 6.22. The van der Waals surface area contributed by atoms with Gasteiger partial charge in [0, 0.05) is 12.6 Å². The molecule has 1 saturated carbocycles. The molecule has 1 aliphatic carbocycles. The van der Waals surface area contributed by atoms with E-state index in [1.165, 1.54) is 25.7 Å². The first-order valence-electron chi connectivity index (χ1n) is 8.45. The van der Waals surface area contributed by atoms with E-state index in [0.717, 1.165) is 29.5 Å². The summed E-state index contributed by atoms with van der Waals surface area (Å²) in [6.07, 6.45) is 5.03. The van der Waals surface area contributed by atoms with Crippen molar-refractivity contribution in [3.8, 4) is 0 Å². The lowest BCUT2D eigenvalue weighted by Crippen LogP contribution is -2.44. The van der Waals surface area contributed by atoms with Crippen molar-refractivity contribution >= 4 is 5.96 Å². The van der Waals surface area contributed by atoms with E-state index in [9.17, 15) is 5.11 Å². The van der Waals surface area contributed by atoms with Crippen molar-refractivity contribution in [2.24, 2.45) is 10.9 Å². The number of rotatable bonds is 5. The Balaban J connectivity index is 1.97. The van der Waals surface area contributed by atoms with E-state index in [4.69, 9.17) is 0 Å². The second kappa shape index (κ2) is 8.79. The topological polar surface area (TPSA) is 56.7 Å². The number of aliphatic imine (C=N–C) groups is 1. The molecule has 3 N–H and O–H groups in total. The number of aliphatic hydroxyl groups is 1. The van der Waals surface area contributed by atoms with Gasteiger partial charge in [0.05, 0.1) is 13.2 Å². The minimum atomic E-state index is 0.0656. The maximum atomic E-state index is 9.39. The minimum absolute atomic E-state index is 0.0656. The fourth-order valence-electron chi connectivity index (χ4n) is 2.95. The first-order valence-corrected chi connectivity index (χ1v) is 8.45. The quantitative estimate of drug-likeness (QED) is 0.579. The smallest absolute Gasteiger partial charge is 0.191 e. The van der Waals surface area contributed by atoms with Crippen molar-refractivity contribution < 1.29 is 5.11 Å². The molecule has 4 nitrogen and oxygen atoms in total. The summed E-state index contributed by atoms with van der Waals surface area (Å²) in [5, 5.41) is 16.3. The van der Waals surface area contributed by atoms with Crippen LogP contribution in [-0.4, -0.2) is 23.7 Å². The van der Waals surface area contributed by atoms with Gasteiger partial charge < -0.3 is 15.7 Å². The minimum Gasteiger partial charge on any atom is -0.392 e. The van der Waals surface area contributed by atoms with Crippen molar-refractivity contribution in [2.75, 3.05) is 6.54 Å². The molecule has 0 aliphatic heterocycles. The lowest BCUT2D eigenvalue weighted by molar-refractivity contribution is 0.280. The molecule has 1 aromatic carbocycles. The second-order valence-electron chi connectivity index (χ2n) is 6.22. The number of guanidine groups is 1. The van der Waals surface area contributed by atoms with E-state index in [1.54, 1.807) is 0 Å². The molecule has 122 valence electrons. The Morgan fingerprint density at radius 2 is 1.86 bits per heavy atom. The molecule has 0 aromatic heterocycles. The molecule has 0 saturated heterocycles. The number of nitrogens with zero attached hydrogens (tertiary/aromatic N) is 1. The van der Waals surface area contributed by atoms with Crippen molar-refractivity contribution in [3.63, 3.8) is 0 Å². The molecule has 0 unspecified atom stereocenters. The van der Waals surface area contributed by atoms with Crippen LogP contribution < -0.4 is 10.6 Å². The maximum Gasteiger partial charge on any atom is 0.191 e. The monoisotopic (exact) mass is 303 g/mol. The molecule has 0 bridgehead atoms. The van der Waals surface area contributed by atoms with Gasteiger partial charge in [-0.3, -0.25) is 0 Å². The fraction of sp³-hybridized carbons (Fsp3) is 0.611. The van der Waals surface area contributed by atoms with Crippen molar-refractivity contribution in [1.29, 1.82) is 0 Å². The van der Waals surface area contributed by atoms with Gasteiger partial charge >= 0.3 is 0 Å². The summed E-state index contributed by atoms with van der Waals surface area (Å²) in [5.41, 5.74) is 2.04. The summed E-state index contributed by atoms with van der Waals surface area (Å²) in [6.45, 7) is 5.94. The van der Waals surface area contributed by atoms with Crippen LogP contribution in [0.15, 0.2) is 29.3 Å². The molecule has 0 spiro atoms. The molecule has 0 amide bonds. The Morgan fingerprint density at radius 3 is 2.50 bits per heavy atom. The summed E-state index contributed by atoms with van der Waals surface area (Å²) >= 11 is 0. The van der Waals surface area contributed by atoms with Gasteiger partial charge in [0.2, 0.25) is 0 Å². The van der Waals surface area contributed by atoms with Crippen LogP contribution in [0.25, 0.3) is 0 Å². The first-order chi connectivity index (χ1) is 10.7. The zero-order valence-corrected chi connectivity index (χ0v) is 13.8. The third-order valence-corrected chi connectivity index (χ3v) is 4.40. The van der Waals surface area contributed by atoms with Crippen LogP contribution in [-0.2, 0) is 13.2 Å². The van der Waals surface area contributed by atoms with Crippen molar-refractivity contribution in [3.05, 3.63) is 35.4 Å². The third kappa shape index (κ3) is 5.02. The van der Waals surface area contributed by atoms with Gasteiger partial charge in [-0.2, -0.15) is 0 Å². The van der Waals surface area contributed by atoms with Gasteiger partial charge in [0.1, 0.15) is 0 Å². The Morgan fingerprint density at radius 1 is 1.18 bits per heavy atom. The van der Waals surface area contributed by atoms with Gasteiger partial charge in [-0.15, -0.1) is 0 Å². The number of hydrogen-bond acceptors (Lipinski definition) is 2. The summed E-state index contributed by atoms with van der Waals surface area (Å²) in [6, 6.07) is 8.45. The zero-order valence-electron chi connectivity index (χ0n) is 13.8. The summed E-state index contributed by atoms with van der Waals surface area (Å²) in [7, 11) is 0. The molecule has 1 aromatic rings. The molecule has 0 radical (unpaired) electrons. The van der Waals surface area contributed by atoms with Gasteiger partial charge in [0.25, 0.3) is 0 Å². The van der Waals surface area contributed by atoms with E-state index in [2.05, 4.69) is 29.5 Å². The highest BCUT2D eigenvalue weighted by Crippen LogP contribution is 2.23. The van der Waals surface area contributed by atoms with Crippen molar-refractivity contribution in [1.82, 2.24) is 10.6 Å². The highest BCUT2D eigenvalue weighted by molar-refractivity contribution is 5.80. The molecular formula is C18H29N3O. The van der Waals surface area contributed by atoms with E-state index in [1.807, 2.05) is 24.3 Å². The maximum absolute atomic E-state index is 9.39.